The van der Waals surface area contributed by atoms with E-state index in [4.69, 9.17) is 11.6 Å². The van der Waals surface area contributed by atoms with E-state index >= 15 is 4.39 Å². The lowest BCUT2D eigenvalue weighted by molar-refractivity contribution is -0.128. The Kier molecular flexibility index (Phi) is 8.52. The largest absolute Gasteiger partial charge is 0.299 e. The lowest BCUT2D eigenvalue weighted by atomic mass is 9.61. The molecule has 0 spiro atoms. The van der Waals surface area contributed by atoms with Crippen molar-refractivity contribution in [2.45, 2.75) is 65.2 Å². The van der Waals surface area contributed by atoms with E-state index in [1.54, 1.807) is 42.5 Å². The van der Waals surface area contributed by atoms with Crippen LogP contribution in [-0.4, -0.2) is 33.1 Å². The van der Waals surface area contributed by atoms with Crippen molar-refractivity contribution < 1.29 is 26.0 Å². The van der Waals surface area contributed by atoms with Crippen molar-refractivity contribution in [3.8, 4) is 0 Å². The van der Waals surface area contributed by atoms with Crippen LogP contribution >= 0.6 is 11.6 Å². The third kappa shape index (κ3) is 5.88. The fraction of sp³-hybridized carbons (Fsp3) is 0.306. The second-order valence-electron chi connectivity index (χ2n) is 12.4. The Morgan fingerprint density at radius 2 is 1.22 bits per heavy atom. The number of benzene rings is 4. The van der Waals surface area contributed by atoms with Gasteiger partial charge < -0.3 is 0 Å². The highest BCUT2D eigenvalue weighted by molar-refractivity contribution is 7.92. The van der Waals surface area contributed by atoms with Gasteiger partial charge in [-0.1, -0.05) is 77.3 Å². The van der Waals surface area contributed by atoms with E-state index in [-0.39, 0.29) is 40.4 Å². The van der Waals surface area contributed by atoms with Crippen LogP contribution in [0.1, 0.15) is 53.4 Å². The number of sulfone groups is 2. The van der Waals surface area contributed by atoms with Crippen LogP contribution in [0.3, 0.4) is 0 Å². The second kappa shape index (κ2) is 12.1. The summed E-state index contributed by atoms with van der Waals surface area (Å²) in [7, 11) is -8.09. The van der Waals surface area contributed by atoms with Gasteiger partial charge in [-0.05, 0) is 86.2 Å². The molecule has 6 rings (SSSR count). The Morgan fingerprint density at radius 1 is 0.667 bits per heavy atom. The fourth-order valence-electron chi connectivity index (χ4n) is 7.41. The molecule has 2 aliphatic rings. The van der Waals surface area contributed by atoms with Crippen molar-refractivity contribution >= 4 is 37.1 Å². The monoisotopic (exact) mass is 664 g/mol. The molecule has 0 aliphatic heterocycles. The van der Waals surface area contributed by atoms with Gasteiger partial charge in [0, 0.05) is 29.2 Å². The number of rotatable bonds is 6. The Bertz CT molecular complexity index is 1940. The zero-order valence-corrected chi connectivity index (χ0v) is 27.3. The summed E-state index contributed by atoms with van der Waals surface area (Å²) in [5.74, 6) is -3.82. The summed E-state index contributed by atoms with van der Waals surface area (Å²) < 4.78 is 73.2. The molecule has 45 heavy (non-hydrogen) atoms. The third-order valence-corrected chi connectivity index (χ3v) is 14.5. The minimum Gasteiger partial charge on any atom is -0.299 e. The van der Waals surface area contributed by atoms with Gasteiger partial charge in [-0.2, -0.15) is 0 Å². The number of ketones is 1. The van der Waals surface area contributed by atoms with Crippen molar-refractivity contribution in [1.82, 2.24) is 0 Å². The first-order chi connectivity index (χ1) is 21.4. The Balaban J connectivity index is 1.52. The van der Waals surface area contributed by atoms with Crippen LogP contribution < -0.4 is 0 Å². The molecule has 2 saturated carbocycles. The molecule has 0 amide bonds. The number of carbonyl (C=O) groups is 1. The smallest absolute Gasteiger partial charge is 0.182 e. The van der Waals surface area contributed by atoms with Gasteiger partial charge in [0.15, 0.2) is 19.7 Å². The predicted octanol–water partition coefficient (Wildman–Crippen LogP) is 7.65. The number of fused-ring (bicyclic) bond motifs is 1. The number of Topliss-reactive ketones (excluding diaryl/α,β-unsaturated/α-hetero) is 1. The van der Waals surface area contributed by atoms with Crippen molar-refractivity contribution in [2.24, 2.45) is 11.8 Å². The zero-order valence-electron chi connectivity index (χ0n) is 24.9. The Hall–Kier alpha value is -3.33. The normalized spacial score (nSPS) is 25.5. The number of hydrogen-bond donors (Lipinski definition) is 0. The Labute approximate surface area is 269 Å². The standard InChI is InChI=1S/C36H34ClFO5S2/c1-22-7-11-24(12-8-22)29-20-34(39)30-21-35(44(40,41)26-15-9-23(2)10-16-26)31(28-5-3-4-6-33(28)38)19-32(30)36(29)45(42,43)27-17-13-25(37)14-18-27/h3-18,29-32,35-36H,19-21H2,1-2H3/t29?,30?,31?,32-,35?,36?/m0/s1. The van der Waals surface area contributed by atoms with E-state index < -0.39 is 59.7 Å². The van der Waals surface area contributed by atoms with Gasteiger partial charge in [-0.25, -0.2) is 21.2 Å². The van der Waals surface area contributed by atoms with Gasteiger partial charge in [0.2, 0.25) is 0 Å². The highest BCUT2D eigenvalue weighted by Crippen LogP contribution is 2.54. The van der Waals surface area contributed by atoms with E-state index in [2.05, 4.69) is 0 Å². The number of hydrogen-bond acceptors (Lipinski definition) is 5. The van der Waals surface area contributed by atoms with Gasteiger partial charge in [-0.15, -0.1) is 0 Å². The molecule has 6 atom stereocenters. The number of carbonyl (C=O) groups excluding carboxylic acids is 1. The fourth-order valence-corrected chi connectivity index (χ4v) is 11.8. The first-order valence-corrected chi connectivity index (χ1v) is 18.5. The zero-order chi connectivity index (χ0) is 32.1. The molecular weight excluding hydrogens is 631 g/mol. The SMILES string of the molecule is Cc1ccc(C2CC(=O)C3CC(S(=O)(=O)c4ccc(C)cc4)C(c4ccccc4F)C[C@@H]3C2S(=O)(=O)c2ccc(Cl)cc2)cc1. The molecule has 0 bridgehead atoms. The van der Waals surface area contributed by atoms with E-state index in [1.165, 1.54) is 30.3 Å². The quantitative estimate of drug-likeness (QED) is 0.211. The van der Waals surface area contributed by atoms with E-state index in [1.807, 2.05) is 38.1 Å². The van der Waals surface area contributed by atoms with Crippen LogP contribution in [0.4, 0.5) is 4.39 Å². The van der Waals surface area contributed by atoms with Crippen molar-refractivity contribution in [2.75, 3.05) is 0 Å². The molecule has 9 heteroatoms. The molecule has 234 valence electrons. The van der Waals surface area contributed by atoms with Crippen LogP contribution in [0.15, 0.2) is 107 Å². The maximum Gasteiger partial charge on any atom is 0.182 e. The summed E-state index contributed by atoms with van der Waals surface area (Å²) in [5.41, 5.74) is 2.83. The Morgan fingerprint density at radius 3 is 1.84 bits per heavy atom. The number of halogens is 2. The predicted molar refractivity (Wildman–Crippen MR) is 173 cm³/mol. The van der Waals surface area contributed by atoms with Crippen LogP contribution in [0.25, 0.3) is 0 Å². The molecule has 5 nitrogen and oxygen atoms in total. The summed E-state index contributed by atoms with van der Waals surface area (Å²) in [6.45, 7) is 3.79. The minimum atomic E-state index is -4.06. The second-order valence-corrected chi connectivity index (χ2v) is 17.1. The lowest BCUT2D eigenvalue weighted by Crippen LogP contribution is -2.53. The van der Waals surface area contributed by atoms with Crippen LogP contribution in [0, 0.1) is 31.5 Å². The summed E-state index contributed by atoms with van der Waals surface area (Å²) in [6, 6.07) is 26.1. The summed E-state index contributed by atoms with van der Waals surface area (Å²) in [4.78, 5) is 14.2. The molecule has 0 N–H and O–H groups in total. The van der Waals surface area contributed by atoms with Crippen molar-refractivity contribution in [1.29, 1.82) is 0 Å². The molecule has 0 radical (unpaired) electrons. The van der Waals surface area contributed by atoms with Crippen molar-refractivity contribution in [3.63, 3.8) is 0 Å². The molecule has 5 unspecified atom stereocenters. The first kappa shape index (κ1) is 31.6. The van der Waals surface area contributed by atoms with Gasteiger partial charge >= 0.3 is 0 Å². The van der Waals surface area contributed by atoms with Gasteiger partial charge in [-0.3, -0.25) is 4.79 Å². The molecule has 4 aromatic carbocycles. The van der Waals surface area contributed by atoms with Crippen LogP contribution in [-0.2, 0) is 24.5 Å². The lowest BCUT2D eigenvalue weighted by Gasteiger charge is -2.48. The topological polar surface area (TPSA) is 85.3 Å². The first-order valence-electron chi connectivity index (χ1n) is 15.0. The highest BCUT2D eigenvalue weighted by Gasteiger charge is 2.56. The van der Waals surface area contributed by atoms with Gasteiger partial charge in [0.25, 0.3) is 0 Å². The maximum atomic E-state index is 15.5. The van der Waals surface area contributed by atoms with E-state index in [0.717, 1.165) is 16.7 Å². The average molecular weight is 665 g/mol. The minimum absolute atomic E-state index is 0.0208. The third-order valence-electron chi connectivity index (χ3n) is 9.69. The molecule has 0 heterocycles. The van der Waals surface area contributed by atoms with Crippen molar-refractivity contribution in [3.05, 3.63) is 130 Å². The maximum absolute atomic E-state index is 15.5. The molecule has 0 aromatic heterocycles. The van der Waals surface area contributed by atoms with E-state index in [9.17, 15) is 21.6 Å². The number of aryl methyl sites for hydroxylation is 2. The van der Waals surface area contributed by atoms with Crippen LogP contribution in [0.5, 0.6) is 0 Å². The molecule has 2 fully saturated rings. The summed E-state index contributed by atoms with van der Waals surface area (Å²) >= 11 is 6.10. The van der Waals surface area contributed by atoms with Gasteiger partial charge in [0.05, 0.1) is 20.3 Å². The molecule has 0 saturated heterocycles. The molecule has 2 aliphatic carbocycles. The summed E-state index contributed by atoms with van der Waals surface area (Å²) in [5, 5.41) is -1.76. The highest BCUT2D eigenvalue weighted by atomic mass is 35.5. The van der Waals surface area contributed by atoms with E-state index in [0.29, 0.717) is 5.02 Å². The van der Waals surface area contributed by atoms with Crippen LogP contribution in [0.2, 0.25) is 5.02 Å². The summed E-state index contributed by atoms with van der Waals surface area (Å²) in [6.07, 6.45) is -0.109. The molecular formula is C36H34ClFO5S2. The molecule has 4 aromatic rings. The van der Waals surface area contributed by atoms with Gasteiger partial charge in [0.1, 0.15) is 11.6 Å². The average Bonchev–Trinajstić information content (AvgIpc) is 3.01.